The normalized spacial score (nSPS) is 16.9. The maximum atomic E-state index is 13.0. The van der Waals surface area contributed by atoms with Crippen LogP contribution in [0.5, 0.6) is 0 Å². The smallest absolute Gasteiger partial charge is 0.261 e. The number of amides is 2. The topological polar surface area (TPSA) is 86.8 Å². The first-order valence-electron chi connectivity index (χ1n) is 10.2. The molecule has 0 bridgehead atoms. The third-order valence-corrected chi connectivity index (χ3v) is 7.03. The van der Waals surface area contributed by atoms with Gasteiger partial charge in [-0.25, -0.2) is 8.42 Å². The number of para-hydroxylation sites is 1. The first-order chi connectivity index (χ1) is 14.4. The van der Waals surface area contributed by atoms with E-state index < -0.39 is 10.0 Å². The number of anilines is 2. The minimum absolute atomic E-state index is 0.0497. The first kappa shape index (κ1) is 20.4. The average molecular weight is 428 g/mol. The van der Waals surface area contributed by atoms with Crippen molar-refractivity contribution in [3.05, 3.63) is 53.6 Å². The summed E-state index contributed by atoms with van der Waals surface area (Å²) in [7, 11) is -3.89. The fraction of sp³-hybridized carbons (Fsp3) is 0.364. The number of nitrogens with one attached hydrogen (secondary N) is 1. The molecule has 8 heteroatoms. The van der Waals surface area contributed by atoms with Gasteiger partial charge in [-0.05, 0) is 62.1 Å². The Bertz CT molecular complexity index is 1070. The van der Waals surface area contributed by atoms with Crippen LogP contribution in [-0.4, -0.2) is 44.8 Å². The maximum absolute atomic E-state index is 13.0. The van der Waals surface area contributed by atoms with Gasteiger partial charge in [0.2, 0.25) is 5.91 Å². The Labute approximate surface area is 176 Å². The first-order valence-corrected chi connectivity index (χ1v) is 11.7. The van der Waals surface area contributed by atoms with E-state index in [9.17, 15) is 18.0 Å². The van der Waals surface area contributed by atoms with Crippen LogP contribution in [-0.2, 0) is 14.8 Å². The van der Waals surface area contributed by atoms with Gasteiger partial charge in [-0.1, -0.05) is 12.1 Å². The number of likely N-dealkylation sites (tertiary alicyclic amines) is 1. The summed E-state index contributed by atoms with van der Waals surface area (Å²) in [6, 6.07) is 11.5. The van der Waals surface area contributed by atoms with E-state index >= 15 is 0 Å². The van der Waals surface area contributed by atoms with Crippen LogP contribution in [0.15, 0.2) is 47.4 Å². The number of rotatable bonds is 5. The number of carbonyl (C=O) groups is 2. The molecule has 0 saturated carbocycles. The van der Waals surface area contributed by atoms with Crippen LogP contribution >= 0.6 is 0 Å². The Morgan fingerprint density at radius 1 is 0.967 bits per heavy atom. The molecule has 0 radical (unpaired) electrons. The van der Waals surface area contributed by atoms with E-state index in [1.54, 1.807) is 47.1 Å². The molecule has 0 aliphatic carbocycles. The van der Waals surface area contributed by atoms with Gasteiger partial charge < -0.3 is 9.80 Å². The fourth-order valence-corrected chi connectivity index (χ4v) is 5.14. The van der Waals surface area contributed by atoms with E-state index in [4.69, 9.17) is 0 Å². The summed E-state index contributed by atoms with van der Waals surface area (Å²) in [5, 5.41) is 0. The third kappa shape index (κ3) is 3.92. The van der Waals surface area contributed by atoms with E-state index in [2.05, 4.69) is 4.72 Å². The van der Waals surface area contributed by atoms with Crippen LogP contribution in [0.25, 0.3) is 0 Å². The molecule has 2 aliphatic heterocycles. The predicted molar refractivity (Wildman–Crippen MR) is 115 cm³/mol. The zero-order valence-corrected chi connectivity index (χ0v) is 17.7. The quantitative estimate of drug-likeness (QED) is 0.794. The average Bonchev–Trinajstić information content (AvgIpc) is 3.41. The largest absolute Gasteiger partial charge is 0.339 e. The van der Waals surface area contributed by atoms with E-state index in [0.717, 1.165) is 19.3 Å². The van der Waals surface area contributed by atoms with E-state index in [0.29, 0.717) is 48.6 Å². The maximum Gasteiger partial charge on any atom is 0.261 e. The summed E-state index contributed by atoms with van der Waals surface area (Å²) in [6.45, 7) is 3.81. The van der Waals surface area contributed by atoms with Gasteiger partial charge in [0.15, 0.2) is 0 Å². The number of benzene rings is 2. The van der Waals surface area contributed by atoms with Gasteiger partial charge in [0.1, 0.15) is 0 Å². The summed E-state index contributed by atoms with van der Waals surface area (Å²) in [5.41, 5.74) is 2.05. The lowest BCUT2D eigenvalue weighted by atomic mass is 10.1. The van der Waals surface area contributed by atoms with Crippen molar-refractivity contribution in [3.63, 3.8) is 0 Å². The third-order valence-electron chi connectivity index (χ3n) is 5.67. The van der Waals surface area contributed by atoms with Crippen LogP contribution < -0.4 is 9.62 Å². The van der Waals surface area contributed by atoms with Crippen LogP contribution in [0.1, 0.15) is 41.6 Å². The SMILES string of the molecule is Cc1cccc(C(=O)N2CCCC2)c1NS(=O)(=O)c1ccc(N2CCCC2=O)cc1. The molecule has 0 atom stereocenters. The van der Waals surface area contributed by atoms with Crippen LogP contribution in [0.2, 0.25) is 0 Å². The van der Waals surface area contributed by atoms with E-state index in [1.807, 2.05) is 0 Å². The lowest BCUT2D eigenvalue weighted by Gasteiger charge is -2.20. The molecule has 0 unspecified atom stereocenters. The highest BCUT2D eigenvalue weighted by molar-refractivity contribution is 7.92. The number of sulfonamides is 1. The molecule has 158 valence electrons. The molecule has 2 amide bonds. The van der Waals surface area contributed by atoms with Crippen LogP contribution in [0.3, 0.4) is 0 Å². The lowest BCUT2D eigenvalue weighted by molar-refractivity contribution is -0.117. The minimum Gasteiger partial charge on any atom is -0.339 e. The second-order valence-corrected chi connectivity index (χ2v) is 9.43. The Morgan fingerprint density at radius 2 is 1.67 bits per heavy atom. The number of aryl methyl sites for hydroxylation is 1. The molecule has 2 aromatic carbocycles. The van der Waals surface area contributed by atoms with Crippen LogP contribution in [0.4, 0.5) is 11.4 Å². The van der Waals surface area contributed by atoms with Crippen molar-refractivity contribution >= 4 is 33.2 Å². The zero-order chi connectivity index (χ0) is 21.3. The molecule has 4 rings (SSSR count). The van der Waals surface area contributed by atoms with Crippen molar-refractivity contribution < 1.29 is 18.0 Å². The number of carbonyl (C=O) groups excluding carboxylic acids is 2. The highest BCUT2D eigenvalue weighted by atomic mass is 32.2. The van der Waals surface area contributed by atoms with Gasteiger partial charge in [0.05, 0.1) is 16.1 Å². The highest BCUT2D eigenvalue weighted by Gasteiger charge is 2.26. The van der Waals surface area contributed by atoms with E-state index in [1.165, 1.54) is 12.1 Å². The molecule has 7 nitrogen and oxygen atoms in total. The van der Waals surface area contributed by atoms with Gasteiger partial charge in [0, 0.05) is 31.7 Å². The molecule has 2 aliphatic rings. The molecule has 30 heavy (non-hydrogen) atoms. The molecule has 2 heterocycles. The molecule has 2 aromatic rings. The van der Waals surface area contributed by atoms with Crippen molar-refractivity contribution in [3.8, 4) is 0 Å². The Balaban J connectivity index is 1.60. The molecule has 2 saturated heterocycles. The monoisotopic (exact) mass is 427 g/mol. The Morgan fingerprint density at radius 3 is 2.30 bits per heavy atom. The van der Waals surface area contributed by atoms with Gasteiger partial charge in [-0.15, -0.1) is 0 Å². The molecule has 1 N–H and O–H groups in total. The van der Waals surface area contributed by atoms with Gasteiger partial charge in [0.25, 0.3) is 15.9 Å². The van der Waals surface area contributed by atoms with Gasteiger partial charge in [-0.3, -0.25) is 14.3 Å². The molecule has 0 spiro atoms. The molecular weight excluding hydrogens is 402 g/mol. The second kappa shape index (κ2) is 8.10. The molecular formula is C22H25N3O4S. The number of hydrogen-bond acceptors (Lipinski definition) is 4. The summed E-state index contributed by atoms with van der Waals surface area (Å²) in [4.78, 5) is 28.3. The Kier molecular flexibility index (Phi) is 5.51. The predicted octanol–water partition coefficient (Wildman–Crippen LogP) is 3.16. The Hall–Kier alpha value is -2.87. The van der Waals surface area contributed by atoms with Crippen molar-refractivity contribution in [1.82, 2.24) is 4.90 Å². The summed E-state index contributed by atoms with van der Waals surface area (Å²) in [5.74, 6) is -0.106. The number of hydrogen-bond donors (Lipinski definition) is 1. The van der Waals surface area contributed by atoms with E-state index in [-0.39, 0.29) is 16.7 Å². The second-order valence-electron chi connectivity index (χ2n) is 7.75. The van der Waals surface area contributed by atoms with Crippen molar-refractivity contribution in [2.45, 2.75) is 37.5 Å². The van der Waals surface area contributed by atoms with Gasteiger partial charge in [-0.2, -0.15) is 0 Å². The van der Waals surface area contributed by atoms with Crippen molar-refractivity contribution in [2.24, 2.45) is 0 Å². The highest BCUT2D eigenvalue weighted by Crippen LogP contribution is 2.28. The lowest BCUT2D eigenvalue weighted by Crippen LogP contribution is -2.29. The van der Waals surface area contributed by atoms with Gasteiger partial charge >= 0.3 is 0 Å². The molecule has 2 fully saturated rings. The van der Waals surface area contributed by atoms with Crippen LogP contribution in [0, 0.1) is 6.92 Å². The standard InChI is InChI=1S/C22H25N3O4S/c1-16-6-4-7-19(22(27)24-13-2-3-14-24)21(16)23-30(28,29)18-11-9-17(10-12-18)25-15-5-8-20(25)26/h4,6-7,9-12,23H,2-3,5,8,13-15H2,1H3. The summed E-state index contributed by atoms with van der Waals surface area (Å²) >= 11 is 0. The fourth-order valence-electron chi connectivity index (χ4n) is 3.99. The summed E-state index contributed by atoms with van der Waals surface area (Å²) < 4.78 is 28.7. The minimum atomic E-state index is -3.89. The zero-order valence-electron chi connectivity index (χ0n) is 16.9. The van der Waals surface area contributed by atoms with Crippen molar-refractivity contribution in [1.29, 1.82) is 0 Å². The van der Waals surface area contributed by atoms with Crippen molar-refractivity contribution in [2.75, 3.05) is 29.3 Å². The number of nitrogens with zero attached hydrogens (tertiary/aromatic N) is 2. The summed E-state index contributed by atoms with van der Waals surface area (Å²) in [6.07, 6.45) is 3.25. The molecule has 0 aromatic heterocycles.